The molecule has 1 aliphatic rings. The fraction of sp³-hybridized carbons (Fsp3) is 0.188. The maximum atomic E-state index is 12.1. The Labute approximate surface area is 136 Å². The summed E-state index contributed by atoms with van der Waals surface area (Å²) in [6.07, 6.45) is 1.91. The minimum atomic E-state index is -0.236. The van der Waals surface area contributed by atoms with E-state index in [1.807, 2.05) is 18.2 Å². The number of amides is 2. The molecule has 0 atom stereocenters. The van der Waals surface area contributed by atoms with Gasteiger partial charge in [-0.05, 0) is 54.8 Å². The van der Waals surface area contributed by atoms with E-state index in [9.17, 15) is 4.79 Å². The van der Waals surface area contributed by atoms with Gasteiger partial charge >= 0.3 is 6.03 Å². The van der Waals surface area contributed by atoms with E-state index in [0.29, 0.717) is 5.02 Å². The number of benzene rings is 2. The van der Waals surface area contributed by atoms with E-state index in [4.69, 9.17) is 11.6 Å². The Morgan fingerprint density at radius 1 is 1.14 bits per heavy atom. The second-order valence-corrected chi connectivity index (χ2v) is 6.53. The van der Waals surface area contributed by atoms with Gasteiger partial charge < -0.3 is 10.6 Å². The normalized spacial score (nSPS) is 15.3. The van der Waals surface area contributed by atoms with Crippen molar-refractivity contribution in [2.75, 3.05) is 5.32 Å². The SMILES string of the molecule is O=C(Nc1ccc(Cl)cc1)NC1(c2cccc(Br)c2)CC1. The van der Waals surface area contributed by atoms with Crippen molar-refractivity contribution in [2.45, 2.75) is 18.4 Å². The number of hydrogen-bond donors (Lipinski definition) is 2. The predicted molar refractivity (Wildman–Crippen MR) is 88.7 cm³/mol. The molecule has 0 heterocycles. The summed E-state index contributed by atoms with van der Waals surface area (Å²) in [4.78, 5) is 12.1. The molecule has 0 aromatic heterocycles. The van der Waals surface area contributed by atoms with Crippen LogP contribution in [0.25, 0.3) is 0 Å². The van der Waals surface area contributed by atoms with Gasteiger partial charge in [-0.25, -0.2) is 4.79 Å². The minimum absolute atomic E-state index is 0.199. The lowest BCUT2D eigenvalue weighted by atomic mass is 10.1. The van der Waals surface area contributed by atoms with Crippen LogP contribution in [0.4, 0.5) is 10.5 Å². The zero-order valence-corrected chi connectivity index (χ0v) is 13.5. The standard InChI is InChI=1S/C16H14BrClN2O/c17-12-3-1-2-11(10-12)16(8-9-16)20-15(21)19-14-6-4-13(18)5-7-14/h1-7,10H,8-9H2,(H2,19,20,21). The molecule has 0 bridgehead atoms. The van der Waals surface area contributed by atoms with Crippen LogP contribution in [0.5, 0.6) is 0 Å². The molecule has 1 fully saturated rings. The zero-order chi connectivity index (χ0) is 14.9. The van der Waals surface area contributed by atoms with E-state index in [-0.39, 0.29) is 11.6 Å². The lowest BCUT2D eigenvalue weighted by Gasteiger charge is -2.18. The van der Waals surface area contributed by atoms with Crippen molar-refractivity contribution >= 4 is 39.2 Å². The molecular weight excluding hydrogens is 352 g/mol. The molecule has 3 rings (SSSR count). The monoisotopic (exact) mass is 364 g/mol. The third-order valence-electron chi connectivity index (χ3n) is 3.58. The Hall–Kier alpha value is -1.52. The van der Waals surface area contributed by atoms with E-state index in [1.165, 1.54) is 0 Å². The molecule has 0 spiro atoms. The Morgan fingerprint density at radius 2 is 1.86 bits per heavy atom. The van der Waals surface area contributed by atoms with Crippen LogP contribution in [-0.4, -0.2) is 6.03 Å². The molecule has 2 N–H and O–H groups in total. The molecule has 2 aromatic rings. The van der Waals surface area contributed by atoms with Crippen LogP contribution in [0.15, 0.2) is 53.0 Å². The Balaban J connectivity index is 1.68. The Kier molecular flexibility index (Phi) is 3.91. The third kappa shape index (κ3) is 3.39. The van der Waals surface area contributed by atoms with Crippen LogP contribution in [-0.2, 0) is 5.54 Å². The molecule has 5 heteroatoms. The van der Waals surface area contributed by atoms with Crippen molar-refractivity contribution in [1.29, 1.82) is 0 Å². The summed E-state index contributed by atoms with van der Waals surface area (Å²) in [6, 6.07) is 14.9. The molecule has 108 valence electrons. The van der Waals surface area contributed by atoms with Crippen molar-refractivity contribution in [1.82, 2.24) is 5.32 Å². The molecule has 2 aromatic carbocycles. The van der Waals surface area contributed by atoms with Crippen LogP contribution >= 0.6 is 27.5 Å². The molecule has 1 aliphatic carbocycles. The average Bonchev–Trinajstić information content (AvgIpc) is 3.22. The molecule has 21 heavy (non-hydrogen) atoms. The van der Waals surface area contributed by atoms with E-state index in [0.717, 1.165) is 28.6 Å². The van der Waals surface area contributed by atoms with Gasteiger partial charge in [0.2, 0.25) is 0 Å². The number of carbonyl (C=O) groups excluding carboxylic acids is 1. The Bertz CT molecular complexity index is 668. The first-order valence-corrected chi connectivity index (χ1v) is 7.85. The van der Waals surface area contributed by atoms with Gasteiger partial charge in [0.15, 0.2) is 0 Å². The zero-order valence-electron chi connectivity index (χ0n) is 11.2. The molecule has 0 aliphatic heterocycles. The highest BCUT2D eigenvalue weighted by atomic mass is 79.9. The lowest BCUT2D eigenvalue weighted by Crippen LogP contribution is -2.38. The third-order valence-corrected chi connectivity index (χ3v) is 4.33. The van der Waals surface area contributed by atoms with Crippen molar-refractivity contribution in [3.8, 4) is 0 Å². The van der Waals surface area contributed by atoms with E-state index in [2.05, 4.69) is 32.6 Å². The number of rotatable bonds is 3. The molecular formula is C16H14BrClN2O. The van der Waals surface area contributed by atoms with Gasteiger partial charge in [-0.2, -0.15) is 0 Å². The number of nitrogens with one attached hydrogen (secondary N) is 2. The van der Waals surface area contributed by atoms with Gasteiger partial charge in [0.1, 0.15) is 0 Å². The number of urea groups is 1. The van der Waals surface area contributed by atoms with E-state index in [1.54, 1.807) is 24.3 Å². The van der Waals surface area contributed by atoms with Gasteiger partial charge in [0.25, 0.3) is 0 Å². The quantitative estimate of drug-likeness (QED) is 0.797. The maximum absolute atomic E-state index is 12.1. The summed E-state index contributed by atoms with van der Waals surface area (Å²) in [5.74, 6) is 0. The summed E-state index contributed by atoms with van der Waals surface area (Å²) in [7, 11) is 0. The maximum Gasteiger partial charge on any atom is 0.319 e. The Morgan fingerprint density at radius 3 is 2.48 bits per heavy atom. The summed E-state index contributed by atoms with van der Waals surface area (Å²) in [5.41, 5.74) is 1.62. The summed E-state index contributed by atoms with van der Waals surface area (Å²) >= 11 is 9.30. The van der Waals surface area contributed by atoms with Gasteiger partial charge in [0, 0.05) is 15.2 Å². The number of carbonyl (C=O) groups is 1. The first-order valence-electron chi connectivity index (χ1n) is 6.68. The van der Waals surface area contributed by atoms with Crippen LogP contribution in [0.3, 0.4) is 0 Å². The largest absolute Gasteiger partial charge is 0.328 e. The fourth-order valence-electron chi connectivity index (χ4n) is 2.31. The summed E-state index contributed by atoms with van der Waals surface area (Å²) in [6.45, 7) is 0. The van der Waals surface area contributed by atoms with Gasteiger partial charge in [0.05, 0.1) is 5.54 Å². The van der Waals surface area contributed by atoms with Crippen LogP contribution in [0.2, 0.25) is 5.02 Å². The topological polar surface area (TPSA) is 41.1 Å². The van der Waals surface area contributed by atoms with Gasteiger partial charge in [-0.15, -0.1) is 0 Å². The summed E-state index contributed by atoms with van der Waals surface area (Å²) in [5, 5.41) is 6.55. The predicted octanol–water partition coefficient (Wildman–Crippen LogP) is 4.91. The average molecular weight is 366 g/mol. The highest BCUT2D eigenvalue weighted by molar-refractivity contribution is 9.10. The van der Waals surface area contributed by atoms with E-state index >= 15 is 0 Å². The van der Waals surface area contributed by atoms with Crippen LogP contribution < -0.4 is 10.6 Å². The molecule has 1 saturated carbocycles. The number of halogens is 2. The van der Waals surface area contributed by atoms with Crippen molar-refractivity contribution in [3.05, 3.63) is 63.6 Å². The van der Waals surface area contributed by atoms with Crippen molar-refractivity contribution < 1.29 is 4.79 Å². The highest BCUT2D eigenvalue weighted by Gasteiger charge is 2.45. The highest BCUT2D eigenvalue weighted by Crippen LogP contribution is 2.46. The van der Waals surface area contributed by atoms with Gasteiger partial charge in [-0.3, -0.25) is 0 Å². The van der Waals surface area contributed by atoms with Crippen LogP contribution in [0, 0.1) is 0 Å². The van der Waals surface area contributed by atoms with Gasteiger partial charge in [-0.1, -0.05) is 39.7 Å². The smallest absolute Gasteiger partial charge is 0.319 e. The number of anilines is 1. The summed E-state index contributed by atoms with van der Waals surface area (Å²) < 4.78 is 1.02. The molecule has 0 radical (unpaired) electrons. The van der Waals surface area contributed by atoms with Crippen molar-refractivity contribution in [3.63, 3.8) is 0 Å². The van der Waals surface area contributed by atoms with E-state index < -0.39 is 0 Å². The fourth-order valence-corrected chi connectivity index (χ4v) is 2.84. The minimum Gasteiger partial charge on any atom is -0.328 e. The molecule has 2 amide bonds. The molecule has 0 saturated heterocycles. The first-order chi connectivity index (χ1) is 10.1. The van der Waals surface area contributed by atoms with Crippen molar-refractivity contribution in [2.24, 2.45) is 0 Å². The second-order valence-electron chi connectivity index (χ2n) is 5.18. The number of hydrogen-bond acceptors (Lipinski definition) is 1. The molecule has 0 unspecified atom stereocenters. The first kappa shape index (κ1) is 14.4. The second kappa shape index (κ2) is 5.70. The molecule has 3 nitrogen and oxygen atoms in total. The lowest BCUT2D eigenvalue weighted by molar-refractivity contribution is 0.247. The van der Waals surface area contributed by atoms with Crippen LogP contribution in [0.1, 0.15) is 18.4 Å².